The first-order chi connectivity index (χ1) is 9.88. The summed E-state index contributed by atoms with van der Waals surface area (Å²) in [4.78, 5) is 1.57. The lowest BCUT2D eigenvalue weighted by molar-refractivity contribution is 0.412. The van der Waals surface area contributed by atoms with Gasteiger partial charge in [-0.25, -0.2) is 17.5 Å². The van der Waals surface area contributed by atoms with Crippen LogP contribution in [0.15, 0.2) is 23.1 Å². The van der Waals surface area contributed by atoms with E-state index in [1.54, 1.807) is 6.07 Å². The van der Waals surface area contributed by atoms with Crippen molar-refractivity contribution in [2.24, 2.45) is 0 Å². The summed E-state index contributed by atoms with van der Waals surface area (Å²) in [7, 11) is -0.119. The Hall–Kier alpha value is -1.02. The summed E-state index contributed by atoms with van der Waals surface area (Å²) >= 11 is 0. The topological polar surface area (TPSA) is 61.4 Å². The Bertz CT molecular complexity index is 586. The Morgan fingerprint density at radius 2 is 2.05 bits per heavy atom. The first kappa shape index (κ1) is 16.4. The first-order valence-corrected chi connectivity index (χ1v) is 8.53. The molecule has 0 aromatic heterocycles. The highest BCUT2D eigenvalue weighted by Gasteiger charge is 2.22. The maximum Gasteiger partial charge on any atom is 0.243 e. The Morgan fingerprint density at radius 3 is 2.67 bits per heavy atom. The minimum atomic E-state index is -3.81. The molecule has 0 aliphatic heterocycles. The molecule has 0 atom stereocenters. The molecule has 0 radical (unpaired) electrons. The van der Waals surface area contributed by atoms with Crippen LogP contribution in [0.3, 0.4) is 0 Å². The van der Waals surface area contributed by atoms with Crippen LogP contribution in [-0.4, -0.2) is 46.5 Å². The highest BCUT2D eigenvalue weighted by atomic mass is 32.2. The van der Waals surface area contributed by atoms with Crippen LogP contribution in [0.25, 0.3) is 0 Å². The third-order valence-electron chi connectivity index (χ3n) is 3.31. The fourth-order valence-corrected chi connectivity index (χ4v) is 3.04. The highest BCUT2D eigenvalue weighted by molar-refractivity contribution is 7.89. The molecule has 1 aliphatic carbocycles. The second-order valence-electron chi connectivity index (χ2n) is 5.62. The normalized spacial score (nSPS) is 15.6. The Morgan fingerprint density at radius 1 is 1.33 bits per heavy atom. The van der Waals surface area contributed by atoms with Crippen molar-refractivity contribution in [1.29, 1.82) is 0 Å². The van der Waals surface area contributed by atoms with Crippen LogP contribution < -0.4 is 10.0 Å². The second kappa shape index (κ2) is 6.83. The van der Waals surface area contributed by atoms with Crippen molar-refractivity contribution in [1.82, 2.24) is 14.9 Å². The predicted molar refractivity (Wildman–Crippen MR) is 80.0 cm³/mol. The van der Waals surface area contributed by atoms with Gasteiger partial charge in [-0.3, -0.25) is 0 Å². The van der Waals surface area contributed by atoms with Crippen molar-refractivity contribution in [3.05, 3.63) is 29.6 Å². The first-order valence-electron chi connectivity index (χ1n) is 7.05. The summed E-state index contributed by atoms with van der Waals surface area (Å²) in [5, 5.41) is 3.28. The molecule has 1 aromatic carbocycles. The molecule has 7 heteroatoms. The van der Waals surface area contributed by atoms with E-state index in [1.165, 1.54) is 12.1 Å². The van der Waals surface area contributed by atoms with E-state index >= 15 is 0 Å². The summed E-state index contributed by atoms with van der Waals surface area (Å²) in [6, 6.07) is 4.75. The van der Waals surface area contributed by atoms with Crippen molar-refractivity contribution in [3.8, 4) is 0 Å². The fraction of sp³-hybridized carbons (Fsp3) is 0.571. The van der Waals surface area contributed by atoms with E-state index < -0.39 is 15.8 Å². The van der Waals surface area contributed by atoms with Gasteiger partial charge in [0.15, 0.2) is 0 Å². The van der Waals surface area contributed by atoms with E-state index in [1.807, 2.05) is 19.0 Å². The van der Waals surface area contributed by atoms with Gasteiger partial charge in [0.05, 0.1) is 0 Å². The zero-order valence-corrected chi connectivity index (χ0v) is 13.2. The van der Waals surface area contributed by atoms with Gasteiger partial charge in [0.1, 0.15) is 10.7 Å². The van der Waals surface area contributed by atoms with E-state index in [2.05, 4.69) is 10.0 Å². The molecule has 0 saturated heterocycles. The zero-order chi connectivity index (χ0) is 15.5. The predicted octanol–water partition coefficient (Wildman–Crippen LogP) is 0.918. The summed E-state index contributed by atoms with van der Waals surface area (Å²) in [5.74, 6) is -0.720. The zero-order valence-electron chi connectivity index (χ0n) is 12.4. The lowest BCUT2D eigenvalue weighted by Gasteiger charge is -2.12. The molecule has 0 heterocycles. The fourth-order valence-electron chi connectivity index (χ4n) is 1.89. The number of hydrogen-bond acceptors (Lipinski definition) is 4. The van der Waals surface area contributed by atoms with E-state index in [4.69, 9.17) is 0 Å². The molecule has 1 aromatic rings. The molecule has 2 N–H and O–H groups in total. The number of nitrogens with zero attached hydrogens (tertiary/aromatic N) is 1. The molecule has 0 unspecified atom stereocenters. The summed E-state index contributed by atoms with van der Waals surface area (Å²) < 4.78 is 40.5. The molecule has 1 saturated carbocycles. The van der Waals surface area contributed by atoms with Gasteiger partial charge in [-0.1, -0.05) is 6.07 Å². The third kappa shape index (κ3) is 5.03. The van der Waals surface area contributed by atoms with Crippen molar-refractivity contribution in [2.45, 2.75) is 30.3 Å². The lowest BCUT2D eigenvalue weighted by atomic mass is 10.2. The molecule has 0 spiro atoms. The Balaban J connectivity index is 2.06. The van der Waals surface area contributed by atoms with E-state index in [-0.39, 0.29) is 11.4 Å². The van der Waals surface area contributed by atoms with Crippen LogP contribution in [0.2, 0.25) is 0 Å². The van der Waals surface area contributed by atoms with E-state index in [9.17, 15) is 12.8 Å². The third-order valence-corrected chi connectivity index (χ3v) is 4.78. The van der Waals surface area contributed by atoms with Crippen LogP contribution >= 0.6 is 0 Å². The highest BCUT2D eigenvalue weighted by Crippen LogP contribution is 2.21. The summed E-state index contributed by atoms with van der Waals surface area (Å²) in [6.07, 6.45) is 2.30. The van der Waals surface area contributed by atoms with E-state index in [0.29, 0.717) is 19.1 Å². The number of nitrogens with one attached hydrogen (secondary N) is 2. The molecule has 1 aliphatic rings. The SMILES string of the molecule is CN(C)CCNS(=O)(=O)c1cc(CNC2CC2)ccc1F. The van der Waals surface area contributed by atoms with Crippen molar-refractivity contribution >= 4 is 10.0 Å². The van der Waals surface area contributed by atoms with Crippen LogP contribution in [0, 0.1) is 5.82 Å². The lowest BCUT2D eigenvalue weighted by Crippen LogP contribution is -2.32. The summed E-state index contributed by atoms with van der Waals surface area (Å²) in [6.45, 7) is 1.37. The van der Waals surface area contributed by atoms with Gasteiger partial charge in [-0.05, 0) is 44.6 Å². The summed E-state index contributed by atoms with van der Waals surface area (Å²) in [5.41, 5.74) is 0.774. The maximum atomic E-state index is 13.8. The van der Waals surface area contributed by atoms with Crippen LogP contribution in [-0.2, 0) is 16.6 Å². The molecule has 2 rings (SSSR count). The van der Waals surface area contributed by atoms with Crippen LogP contribution in [0.4, 0.5) is 4.39 Å². The Kier molecular flexibility index (Phi) is 5.32. The molecule has 0 bridgehead atoms. The van der Waals surface area contributed by atoms with Gasteiger partial charge < -0.3 is 10.2 Å². The molecular weight excluding hydrogens is 293 g/mol. The minimum absolute atomic E-state index is 0.249. The molecule has 0 amide bonds. The van der Waals surface area contributed by atoms with Gasteiger partial charge in [0.25, 0.3) is 0 Å². The van der Waals surface area contributed by atoms with Crippen molar-refractivity contribution in [2.75, 3.05) is 27.2 Å². The standard InChI is InChI=1S/C14H22FN3O2S/c1-18(2)8-7-17-21(19,20)14-9-11(3-6-13(14)15)10-16-12-4-5-12/h3,6,9,12,16-17H,4-5,7-8,10H2,1-2H3. The second-order valence-corrected chi connectivity index (χ2v) is 7.36. The van der Waals surface area contributed by atoms with Crippen LogP contribution in [0.1, 0.15) is 18.4 Å². The van der Waals surface area contributed by atoms with E-state index in [0.717, 1.165) is 18.4 Å². The van der Waals surface area contributed by atoms with Gasteiger partial charge in [-0.15, -0.1) is 0 Å². The number of sulfonamides is 1. The Labute approximate surface area is 125 Å². The van der Waals surface area contributed by atoms with Gasteiger partial charge in [-0.2, -0.15) is 0 Å². The number of likely N-dealkylation sites (N-methyl/N-ethyl adjacent to an activating group) is 1. The molecule has 1 fully saturated rings. The van der Waals surface area contributed by atoms with Gasteiger partial charge >= 0.3 is 0 Å². The number of hydrogen-bond donors (Lipinski definition) is 2. The maximum absolute atomic E-state index is 13.8. The van der Waals surface area contributed by atoms with Gasteiger partial charge in [0, 0.05) is 25.7 Å². The molecule has 5 nitrogen and oxygen atoms in total. The smallest absolute Gasteiger partial charge is 0.243 e. The number of rotatable bonds is 8. The molecule has 118 valence electrons. The molecule has 21 heavy (non-hydrogen) atoms. The van der Waals surface area contributed by atoms with Gasteiger partial charge in [0.2, 0.25) is 10.0 Å². The average Bonchev–Trinajstić information content (AvgIpc) is 3.21. The average molecular weight is 315 g/mol. The van der Waals surface area contributed by atoms with Crippen molar-refractivity contribution < 1.29 is 12.8 Å². The monoisotopic (exact) mass is 315 g/mol. The largest absolute Gasteiger partial charge is 0.310 e. The quantitative estimate of drug-likeness (QED) is 0.749. The van der Waals surface area contributed by atoms with Crippen LogP contribution in [0.5, 0.6) is 0 Å². The van der Waals surface area contributed by atoms with Crippen molar-refractivity contribution in [3.63, 3.8) is 0 Å². The number of benzene rings is 1. The molecular formula is C14H22FN3O2S. The minimum Gasteiger partial charge on any atom is -0.310 e. The number of halogens is 1.